The van der Waals surface area contributed by atoms with E-state index < -0.39 is 11.9 Å². The van der Waals surface area contributed by atoms with Gasteiger partial charge in [-0.1, -0.05) is 26.3 Å². The summed E-state index contributed by atoms with van der Waals surface area (Å²) in [7, 11) is 1.41. The van der Waals surface area contributed by atoms with Crippen LogP contribution in [0.2, 0.25) is 0 Å². The van der Waals surface area contributed by atoms with Gasteiger partial charge in [0.25, 0.3) is 11.8 Å². The third-order valence-electron chi connectivity index (χ3n) is 7.11. The maximum atomic E-state index is 13.3. The molecule has 10 nitrogen and oxygen atoms in total. The first-order valence-electron chi connectivity index (χ1n) is 12.5. The number of ether oxygens (including phenoxy) is 1. The van der Waals surface area contributed by atoms with Gasteiger partial charge in [-0.15, -0.1) is 0 Å². The second-order valence-electron chi connectivity index (χ2n) is 10.2. The lowest BCUT2D eigenvalue weighted by Crippen LogP contribution is -2.41. The Bertz CT molecular complexity index is 1450. The van der Waals surface area contributed by atoms with Gasteiger partial charge in [0, 0.05) is 34.5 Å². The maximum Gasteiger partial charge on any atom is 0.336 e. The van der Waals surface area contributed by atoms with Gasteiger partial charge in [0.15, 0.2) is 0 Å². The van der Waals surface area contributed by atoms with E-state index >= 15 is 0 Å². The van der Waals surface area contributed by atoms with Crippen LogP contribution in [0.1, 0.15) is 69.9 Å². The zero-order chi connectivity index (χ0) is 28.3. The van der Waals surface area contributed by atoms with Crippen molar-refractivity contribution in [3.63, 3.8) is 0 Å². The van der Waals surface area contributed by atoms with Gasteiger partial charge in [-0.25, -0.2) is 9.78 Å². The van der Waals surface area contributed by atoms with E-state index in [9.17, 15) is 19.5 Å². The summed E-state index contributed by atoms with van der Waals surface area (Å²) in [6, 6.07) is 13.8. The highest BCUT2D eigenvalue weighted by molar-refractivity contribution is 6.10. The SMILES string of the molecule is COc1ccc(-c2ccc(C(=O)N[C@@H]3CCCC3(C)C)cc2C(=O)O)c(C(=O)Nc2ccc(C(=N)N)cc2)n1. The van der Waals surface area contributed by atoms with Crippen LogP contribution in [-0.4, -0.2) is 46.9 Å². The van der Waals surface area contributed by atoms with Gasteiger partial charge in [-0.3, -0.25) is 15.0 Å². The molecule has 0 spiro atoms. The summed E-state index contributed by atoms with van der Waals surface area (Å²) in [4.78, 5) is 42.9. The van der Waals surface area contributed by atoms with Gasteiger partial charge in [-0.2, -0.15) is 0 Å². The first-order valence-corrected chi connectivity index (χ1v) is 12.5. The summed E-state index contributed by atoms with van der Waals surface area (Å²) in [6.07, 6.45) is 2.90. The number of carbonyl (C=O) groups excluding carboxylic acids is 2. The van der Waals surface area contributed by atoms with Gasteiger partial charge in [0.2, 0.25) is 5.88 Å². The molecule has 6 N–H and O–H groups in total. The van der Waals surface area contributed by atoms with E-state index in [1.165, 1.54) is 25.3 Å². The molecule has 1 aliphatic rings. The summed E-state index contributed by atoms with van der Waals surface area (Å²) in [5.41, 5.74) is 6.90. The van der Waals surface area contributed by atoms with E-state index in [-0.39, 0.29) is 57.0 Å². The van der Waals surface area contributed by atoms with Crippen LogP contribution in [0.5, 0.6) is 5.88 Å². The van der Waals surface area contributed by atoms with E-state index in [1.54, 1.807) is 36.4 Å². The third-order valence-corrected chi connectivity index (χ3v) is 7.11. The number of rotatable bonds is 8. The second-order valence-corrected chi connectivity index (χ2v) is 10.2. The highest BCUT2D eigenvalue weighted by atomic mass is 16.5. The van der Waals surface area contributed by atoms with E-state index in [1.807, 2.05) is 0 Å². The minimum Gasteiger partial charge on any atom is -0.481 e. The van der Waals surface area contributed by atoms with Crippen LogP contribution in [0.25, 0.3) is 11.1 Å². The van der Waals surface area contributed by atoms with Crippen molar-refractivity contribution in [2.45, 2.75) is 39.2 Å². The lowest BCUT2D eigenvalue weighted by Gasteiger charge is -2.27. The Balaban J connectivity index is 1.68. The highest BCUT2D eigenvalue weighted by Crippen LogP contribution is 2.37. The number of aromatic nitrogens is 1. The molecule has 0 aliphatic heterocycles. The minimum atomic E-state index is -1.25. The van der Waals surface area contributed by atoms with Crippen LogP contribution in [-0.2, 0) is 0 Å². The van der Waals surface area contributed by atoms with Crippen LogP contribution in [0.15, 0.2) is 54.6 Å². The van der Waals surface area contributed by atoms with E-state index in [2.05, 4.69) is 29.5 Å². The number of benzene rings is 2. The van der Waals surface area contributed by atoms with Gasteiger partial charge >= 0.3 is 5.97 Å². The van der Waals surface area contributed by atoms with Crippen molar-refractivity contribution >= 4 is 29.3 Å². The Labute approximate surface area is 226 Å². The molecular weight excluding hydrogens is 498 g/mol. The van der Waals surface area contributed by atoms with E-state index in [4.69, 9.17) is 15.9 Å². The monoisotopic (exact) mass is 529 g/mol. The van der Waals surface area contributed by atoms with Crippen LogP contribution >= 0.6 is 0 Å². The molecule has 1 fully saturated rings. The Kier molecular flexibility index (Phi) is 7.66. The summed E-state index contributed by atoms with van der Waals surface area (Å²) in [5.74, 6) is -2.12. The smallest absolute Gasteiger partial charge is 0.336 e. The Hall–Kier alpha value is -4.73. The van der Waals surface area contributed by atoms with E-state index in [0.29, 0.717) is 11.3 Å². The van der Waals surface area contributed by atoms with Crippen molar-refractivity contribution in [3.05, 3.63) is 77.0 Å². The van der Waals surface area contributed by atoms with Gasteiger partial charge in [-0.05, 0) is 66.3 Å². The van der Waals surface area contributed by atoms with E-state index in [0.717, 1.165) is 19.3 Å². The minimum absolute atomic E-state index is 0.00329. The molecule has 0 radical (unpaired) electrons. The second kappa shape index (κ2) is 10.9. The topological polar surface area (TPSA) is 167 Å². The average molecular weight is 530 g/mol. The molecule has 1 aromatic heterocycles. The molecule has 10 heteroatoms. The lowest BCUT2D eigenvalue weighted by atomic mass is 9.87. The van der Waals surface area contributed by atoms with Crippen LogP contribution in [0, 0.1) is 10.8 Å². The molecular formula is C29H31N5O5. The third kappa shape index (κ3) is 5.90. The number of anilines is 1. The molecule has 1 heterocycles. The maximum absolute atomic E-state index is 13.3. The van der Waals surface area contributed by atoms with Crippen molar-refractivity contribution in [1.82, 2.24) is 10.3 Å². The molecule has 0 bridgehead atoms. The first-order chi connectivity index (χ1) is 18.5. The number of amides is 2. The molecule has 1 saturated carbocycles. The molecule has 0 saturated heterocycles. The lowest BCUT2D eigenvalue weighted by molar-refractivity contribution is 0.0697. The van der Waals surface area contributed by atoms with Crippen molar-refractivity contribution in [2.75, 3.05) is 12.4 Å². The first kappa shape index (κ1) is 27.3. The van der Waals surface area contributed by atoms with Crippen LogP contribution in [0.4, 0.5) is 5.69 Å². The van der Waals surface area contributed by atoms with Crippen molar-refractivity contribution in [3.8, 4) is 17.0 Å². The quantitative estimate of drug-likeness (QED) is 0.214. The normalized spacial score (nSPS) is 15.8. The van der Waals surface area contributed by atoms with Crippen LogP contribution < -0.4 is 21.1 Å². The summed E-state index contributed by atoms with van der Waals surface area (Å²) >= 11 is 0. The van der Waals surface area contributed by atoms with Gasteiger partial charge in [0.05, 0.1) is 12.7 Å². The number of carbonyl (C=O) groups is 3. The molecule has 1 atom stereocenters. The number of nitrogens with two attached hydrogens (primary N) is 1. The number of hydrogen-bond acceptors (Lipinski definition) is 6. The highest BCUT2D eigenvalue weighted by Gasteiger charge is 2.35. The summed E-state index contributed by atoms with van der Waals surface area (Å²) in [5, 5.41) is 23.3. The molecule has 2 amide bonds. The number of methoxy groups -OCH3 is 1. The number of carboxylic acids is 1. The van der Waals surface area contributed by atoms with Crippen molar-refractivity contribution in [1.29, 1.82) is 5.41 Å². The molecule has 1 aliphatic carbocycles. The predicted molar refractivity (Wildman–Crippen MR) is 147 cm³/mol. The zero-order valence-electron chi connectivity index (χ0n) is 22.0. The fourth-order valence-electron chi connectivity index (χ4n) is 4.80. The number of pyridine rings is 1. The molecule has 202 valence electrons. The number of aromatic carboxylic acids is 1. The number of amidine groups is 1. The number of nitrogens with zero attached hydrogens (tertiary/aromatic N) is 1. The van der Waals surface area contributed by atoms with Crippen molar-refractivity contribution in [2.24, 2.45) is 11.1 Å². The number of hydrogen-bond donors (Lipinski definition) is 5. The van der Waals surface area contributed by atoms with Gasteiger partial charge < -0.3 is 26.2 Å². The zero-order valence-corrected chi connectivity index (χ0v) is 22.0. The summed E-state index contributed by atoms with van der Waals surface area (Å²) in [6.45, 7) is 4.22. The van der Waals surface area contributed by atoms with Crippen LogP contribution in [0.3, 0.4) is 0 Å². The predicted octanol–water partition coefficient (Wildman–Crippen LogP) is 4.30. The number of nitrogens with one attached hydrogen (secondary N) is 3. The molecule has 2 aromatic carbocycles. The van der Waals surface area contributed by atoms with Crippen molar-refractivity contribution < 1.29 is 24.2 Å². The molecule has 0 unspecified atom stereocenters. The average Bonchev–Trinajstić information content (AvgIpc) is 3.25. The molecule has 3 aromatic rings. The standard InChI is InChI=1S/C29H31N5O5/c1-29(2)14-4-5-22(29)33-26(35)17-8-11-19(21(15-17)28(37)38)20-12-13-23(39-3)34-24(20)27(36)32-18-9-6-16(7-10-18)25(30)31/h6-13,15,22H,4-5,14H2,1-3H3,(H3,30,31)(H,32,36)(H,33,35)(H,37,38)/t22-/m1/s1. The van der Waals surface area contributed by atoms with Gasteiger partial charge in [0.1, 0.15) is 11.5 Å². The fraction of sp³-hybridized carbons (Fsp3) is 0.276. The summed E-state index contributed by atoms with van der Waals surface area (Å²) < 4.78 is 5.20. The number of carboxylic acid groups (broad SMARTS) is 1. The fourth-order valence-corrected chi connectivity index (χ4v) is 4.80. The largest absolute Gasteiger partial charge is 0.481 e. The Morgan fingerprint density at radius 2 is 1.69 bits per heavy atom. The molecule has 39 heavy (non-hydrogen) atoms. The Morgan fingerprint density at radius 3 is 2.28 bits per heavy atom. The Morgan fingerprint density at radius 1 is 1.03 bits per heavy atom. The number of nitrogen functional groups attached to an aromatic ring is 1. The molecule has 4 rings (SSSR count).